The predicted molar refractivity (Wildman–Crippen MR) is 124 cm³/mol. The lowest BCUT2D eigenvalue weighted by molar-refractivity contribution is -0.120. The zero-order valence-electron chi connectivity index (χ0n) is 18.1. The van der Waals surface area contributed by atoms with Crippen LogP contribution >= 0.6 is 11.3 Å². The van der Waals surface area contributed by atoms with E-state index in [1.165, 1.54) is 21.2 Å². The van der Waals surface area contributed by atoms with Gasteiger partial charge < -0.3 is 5.32 Å². The Morgan fingerprint density at radius 1 is 1.10 bits per heavy atom. The van der Waals surface area contributed by atoms with Gasteiger partial charge in [0.25, 0.3) is 0 Å². The SMILES string of the molecule is Cc1ccc(-c2nc(CC(=O)NCc3ccc(S(=O)(=O)N(C)C(C)C)cc3)cs2)cc1. The van der Waals surface area contributed by atoms with Crippen molar-refractivity contribution in [3.05, 3.63) is 70.7 Å². The Morgan fingerprint density at radius 2 is 1.74 bits per heavy atom. The topological polar surface area (TPSA) is 79.4 Å². The number of carbonyl (C=O) groups is 1. The molecule has 0 atom stereocenters. The predicted octanol–water partition coefficient (Wildman–Crippen LogP) is 4.01. The van der Waals surface area contributed by atoms with Crippen molar-refractivity contribution < 1.29 is 13.2 Å². The van der Waals surface area contributed by atoms with Gasteiger partial charge in [-0.3, -0.25) is 4.79 Å². The molecule has 0 unspecified atom stereocenters. The minimum atomic E-state index is -3.51. The van der Waals surface area contributed by atoms with Crippen molar-refractivity contribution in [1.29, 1.82) is 0 Å². The number of hydrogen-bond acceptors (Lipinski definition) is 5. The lowest BCUT2D eigenvalue weighted by atomic mass is 10.2. The molecule has 0 radical (unpaired) electrons. The third kappa shape index (κ3) is 5.78. The first kappa shape index (κ1) is 23.1. The van der Waals surface area contributed by atoms with Crippen molar-refractivity contribution in [2.75, 3.05) is 7.05 Å². The van der Waals surface area contributed by atoms with E-state index >= 15 is 0 Å². The molecule has 3 aromatic rings. The van der Waals surface area contributed by atoms with Gasteiger partial charge in [0.05, 0.1) is 17.0 Å². The first-order chi connectivity index (χ1) is 14.7. The van der Waals surface area contributed by atoms with E-state index in [1.807, 2.05) is 50.4 Å². The minimum absolute atomic E-state index is 0.124. The summed E-state index contributed by atoms with van der Waals surface area (Å²) in [4.78, 5) is 17.1. The first-order valence-electron chi connectivity index (χ1n) is 10.0. The average Bonchev–Trinajstić information content (AvgIpc) is 3.20. The highest BCUT2D eigenvalue weighted by Gasteiger charge is 2.22. The maximum atomic E-state index is 12.5. The van der Waals surface area contributed by atoms with Crippen LogP contribution in [0.3, 0.4) is 0 Å². The van der Waals surface area contributed by atoms with E-state index in [0.29, 0.717) is 6.54 Å². The summed E-state index contributed by atoms with van der Waals surface area (Å²) in [6.45, 7) is 6.02. The van der Waals surface area contributed by atoms with Gasteiger partial charge in [0.15, 0.2) is 0 Å². The highest BCUT2D eigenvalue weighted by atomic mass is 32.2. The number of hydrogen-bond donors (Lipinski definition) is 1. The van der Waals surface area contributed by atoms with Crippen molar-refractivity contribution in [2.24, 2.45) is 0 Å². The second-order valence-corrected chi connectivity index (χ2v) is 10.6. The van der Waals surface area contributed by atoms with Gasteiger partial charge in [-0.2, -0.15) is 4.31 Å². The highest BCUT2D eigenvalue weighted by Crippen LogP contribution is 2.24. The summed E-state index contributed by atoms with van der Waals surface area (Å²) in [5.74, 6) is -0.128. The molecule has 8 heteroatoms. The van der Waals surface area contributed by atoms with E-state index in [0.717, 1.165) is 21.8 Å². The molecule has 1 heterocycles. The van der Waals surface area contributed by atoms with E-state index < -0.39 is 10.0 Å². The molecule has 0 aliphatic carbocycles. The van der Waals surface area contributed by atoms with Crippen LogP contribution in [-0.2, 0) is 27.8 Å². The summed E-state index contributed by atoms with van der Waals surface area (Å²) < 4.78 is 26.4. The van der Waals surface area contributed by atoms with Gasteiger partial charge >= 0.3 is 0 Å². The fraction of sp³-hybridized carbons (Fsp3) is 0.304. The van der Waals surface area contributed by atoms with Crippen molar-refractivity contribution >= 4 is 27.3 Å². The Labute approximate surface area is 188 Å². The zero-order valence-corrected chi connectivity index (χ0v) is 19.8. The second kappa shape index (κ2) is 9.72. The number of amides is 1. The van der Waals surface area contributed by atoms with Gasteiger partial charge in [0, 0.05) is 30.6 Å². The Hall–Kier alpha value is -2.55. The summed E-state index contributed by atoms with van der Waals surface area (Å²) in [5.41, 5.74) is 3.80. The van der Waals surface area contributed by atoms with Gasteiger partial charge in [-0.25, -0.2) is 13.4 Å². The molecule has 0 saturated heterocycles. The lowest BCUT2D eigenvalue weighted by Gasteiger charge is -2.21. The van der Waals surface area contributed by atoms with Crippen LogP contribution in [0.25, 0.3) is 10.6 Å². The van der Waals surface area contributed by atoms with E-state index in [4.69, 9.17) is 0 Å². The second-order valence-electron chi connectivity index (χ2n) is 7.72. The van der Waals surface area contributed by atoms with Crippen LogP contribution in [0.1, 0.15) is 30.7 Å². The van der Waals surface area contributed by atoms with Crippen LogP contribution in [0.15, 0.2) is 58.8 Å². The van der Waals surface area contributed by atoms with Gasteiger partial charge in [-0.15, -0.1) is 11.3 Å². The Balaban J connectivity index is 1.56. The largest absolute Gasteiger partial charge is 0.352 e. The quantitative estimate of drug-likeness (QED) is 0.554. The summed E-state index contributed by atoms with van der Waals surface area (Å²) in [7, 11) is -1.94. The van der Waals surface area contributed by atoms with E-state index in [2.05, 4.69) is 10.3 Å². The average molecular weight is 458 g/mol. The fourth-order valence-corrected chi connectivity index (χ4v) is 5.06. The van der Waals surface area contributed by atoms with Crippen LogP contribution in [0.5, 0.6) is 0 Å². The summed E-state index contributed by atoms with van der Waals surface area (Å²) in [6, 6.07) is 14.6. The molecule has 0 spiro atoms. The monoisotopic (exact) mass is 457 g/mol. The molecule has 0 saturated carbocycles. The molecule has 0 aliphatic heterocycles. The number of benzene rings is 2. The van der Waals surface area contributed by atoms with Crippen LogP contribution < -0.4 is 5.32 Å². The number of nitrogens with zero attached hydrogens (tertiary/aromatic N) is 2. The summed E-state index contributed by atoms with van der Waals surface area (Å²) in [6.07, 6.45) is 0.202. The third-order valence-corrected chi connectivity index (χ3v) is 8.00. The number of aromatic nitrogens is 1. The van der Waals surface area contributed by atoms with Crippen molar-refractivity contribution in [3.63, 3.8) is 0 Å². The third-order valence-electron chi connectivity index (χ3n) is 5.01. The van der Waals surface area contributed by atoms with Crippen LogP contribution in [0.2, 0.25) is 0 Å². The molecule has 0 aliphatic rings. The Bertz CT molecular complexity index is 1140. The first-order valence-corrected chi connectivity index (χ1v) is 12.3. The van der Waals surface area contributed by atoms with Crippen molar-refractivity contribution in [3.8, 4) is 10.6 Å². The van der Waals surface area contributed by atoms with Gasteiger partial charge in [0.2, 0.25) is 15.9 Å². The molecule has 0 fully saturated rings. The Morgan fingerprint density at radius 3 is 2.35 bits per heavy atom. The maximum absolute atomic E-state index is 12.5. The van der Waals surface area contributed by atoms with E-state index in [9.17, 15) is 13.2 Å². The molecule has 164 valence electrons. The highest BCUT2D eigenvalue weighted by molar-refractivity contribution is 7.89. The van der Waals surface area contributed by atoms with E-state index in [1.54, 1.807) is 31.3 Å². The standard InChI is InChI=1S/C23H27N3O3S2/c1-16(2)26(4)31(28,29)21-11-7-18(8-12-21)14-24-22(27)13-20-15-30-23(25-20)19-9-5-17(3)6-10-19/h5-12,15-16H,13-14H2,1-4H3,(H,24,27). The molecule has 1 aromatic heterocycles. The van der Waals surface area contributed by atoms with Crippen molar-refractivity contribution in [2.45, 2.75) is 44.7 Å². The smallest absolute Gasteiger partial charge is 0.243 e. The number of rotatable bonds is 8. The zero-order chi connectivity index (χ0) is 22.6. The van der Waals surface area contributed by atoms with Crippen LogP contribution in [0, 0.1) is 6.92 Å². The molecule has 1 N–H and O–H groups in total. The molecule has 0 bridgehead atoms. The van der Waals surface area contributed by atoms with E-state index in [-0.39, 0.29) is 23.3 Å². The summed E-state index contributed by atoms with van der Waals surface area (Å²) >= 11 is 1.52. The number of nitrogens with one attached hydrogen (secondary N) is 1. The van der Waals surface area contributed by atoms with Gasteiger partial charge in [-0.1, -0.05) is 42.0 Å². The van der Waals surface area contributed by atoms with Crippen molar-refractivity contribution in [1.82, 2.24) is 14.6 Å². The number of aryl methyl sites for hydroxylation is 1. The maximum Gasteiger partial charge on any atom is 0.243 e. The summed E-state index contributed by atoms with van der Waals surface area (Å²) in [5, 5.41) is 5.67. The number of sulfonamides is 1. The van der Waals surface area contributed by atoms with Gasteiger partial charge in [0.1, 0.15) is 5.01 Å². The molecule has 2 aromatic carbocycles. The minimum Gasteiger partial charge on any atom is -0.352 e. The number of carbonyl (C=O) groups excluding carboxylic acids is 1. The normalized spacial score (nSPS) is 11.8. The molecule has 3 rings (SSSR count). The van der Waals surface area contributed by atoms with Crippen LogP contribution in [-0.4, -0.2) is 36.7 Å². The molecular formula is C23H27N3O3S2. The molecule has 6 nitrogen and oxygen atoms in total. The molecule has 1 amide bonds. The Kier molecular flexibility index (Phi) is 7.25. The number of thiazole rings is 1. The fourth-order valence-electron chi connectivity index (χ4n) is 2.87. The molecular weight excluding hydrogens is 430 g/mol. The van der Waals surface area contributed by atoms with Gasteiger partial charge in [-0.05, 0) is 38.5 Å². The van der Waals surface area contributed by atoms with Crippen LogP contribution in [0.4, 0.5) is 0 Å². The molecule has 31 heavy (non-hydrogen) atoms. The lowest BCUT2D eigenvalue weighted by Crippen LogP contribution is -2.33.